The fourth-order valence-corrected chi connectivity index (χ4v) is 3.00. The Kier molecular flexibility index (Phi) is 5.63. The highest BCUT2D eigenvalue weighted by Gasteiger charge is 2.30. The second-order valence-corrected chi connectivity index (χ2v) is 6.94. The number of anilines is 1. The fourth-order valence-electron chi connectivity index (χ4n) is 3.00. The largest absolute Gasteiger partial charge is 0.457 e. The first-order chi connectivity index (χ1) is 15.3. The Balaban J connectivity index is 1.49. The number of aryl methyl sites for hydroxylation is 1. The Labute approximate surface area is 181 Å². The molecule has 0 atom stereocenters. The van der Waals surface area contributed by atoms with E-state index in [1.165, 1.54) is 12.1 Å². The van der Waals surface area contributed by atoms with E-state index >= 15 is 0 Å². The number of carbonyl (C=O) groups is 1. The lowest BCUT2D eigenvalue weighted by Crippen LogP contribution is -2.13. The standard InChI is InChI=1S/C23H17F3N4O2/c1-30-14-16(13-28-30)21-12-20(8-9-27-21)32-19-7-3-6-18(11-19)29-22(31)15-4-2-5-17(10-15)23(24,25)26/h2-14H,1H3,(H,29,31). The molecule has 0 aliphatic rings. The Bertz CT molecular complexity index is 1270. The maximum atomic E-state index is 12.9. The van der Waals surface area contributed by atoms with E-state index in [4.69, 9.17) is 4.74 Å². The number of pyridine rings is 1. The molecule has 2 aromatic heterocycles. The van der Waals surface area contributed by atoms with Crippen molar-refractivity contribution in [2.24, 2.45) is 7.05 Å². The van der Waals surface area contributed by atoms with E-state index in [1.807, 2.05) is 13.2 Å². The van der Waals surface area contributed by atoms with Crippen LogP contribution in [0.25, 0.3) is 11.3 Å². The summed E-state index contributed by atoms with van der Waals surface area (Å²) in [7, 11) is 1.81. The number of ether oxygens (including phenoxy) is 1. The molecule has 0 saturated carbocycles. The van der Waals surface area contributed by atoms with Crippen LogP contribution in [0.2, 0.25) is 0 Å². The van der Waals surface area contributed by atoms with E-state index in [0.717, 1.165) is 17.7 Å². The predicted octanol–water partition coefficient (Wildman–Crippen LogP) is 5.55. The van der Waals surface area contributed by atoms with Crippen LogP contribution in [0.5, 0.6) is 11.5 Å². The van der Waals surface area contributed by atoms with Gasteiger partial charge in [-0.2, -0.15) is 18.3 Å². The van der Waals surface area contributed by atoms with Gasteiger partial charge in [-0.05, 0) is 36.4 Å². The molecule has 4 aromatic rings. The highest BCUT2D eigenvalue weighted by molar-refractivity contribution is 6.04. The van der Waals surface area contributed by atoms with Crippen molar-refractivity contribution in [2.75, 3.05) is 5.32 Å². The number of nitrogens with one attached hydrogen (secondary N) is 1. The minimum atomic E-state index is -4.52. The molecule has 1 N–H and O–H groups in total. The monoisotopic (exact) mass is 438 g/mol. The lowest BCUT2D eigenvalue weighted by atomic mass is 10.1. The van der Waals surface area contributed by atoms with Crippen molar-refractivity contribution in [3.8, 4) is 22.8 Å². The molecule has 2 aromatic carbocycles. The Morgan fingerprint density at radius 2 is 1.81 bits per heavy atom. The zero-order valence-electron chi connectivity index (χ0n) is 16.8. The van der Waals surface area contributed by atoms with Crippen molar-refractivity contribution in [3.63, 3.8) is 0 Å². The predicted molar refractivity (Wildman–Crippen MR) is 112 cm³/mol. The summed E-state index contributed by atoms with van der Waals surface area (Å²) in [5.41, 5.74) is 0.918. The lowest BCUT2D eigenvalue weighted by molar-refractivity contribution is -0.137. The molecule has 9 heteroatoms. The molecule has 4 rings (SSSR count). The number of benzene rings is 2. The first-order valence-corrected chi connectivity index (χ1v) is 9.49. The highest BCUT2D eigenvalue weighted by atomic mass is 19.4. The number of hydrogen-bond donors (Lipinski definition) is 1. The van der Waals surface area contributed by atoms with Crippen LogP contribution in [0.4, 0.5) is 18.9 Å². The van der Waals surface area contributed by atoms with Crippen molar-refractivity contribution >= 4 is 11.6 Å². The van der Waals surface area contributed by atoms with Gasteiger partial charge in [0.15, 0.2) is 0 Å². The van der Waals surface area contributed by atoms with Gasteiger partial charge in [0.2, 0.25) is 0 Å². The van der Waals surface area contributed by atoms with Crippen molar-refractivity contribution < 1.29 is 22.7 Å². The molecule has 0 aliphatic carbocycles. The van der Waals surface area contributed by atoms with E-state index in [1.54, 1.807) is 53.5 Å². The first kappa shape index (κ1) is 21.1. The molecular formula is C23H17F3N4O2. The number of hydrogen-bond acceptors (Lipinski definition) is 4. The Morgan fingerprint density at radius 3 is 2.56 bits per heavy atom. The highest BCUT2D eigenvalue weighted by Crippen LogP contribution is 2.30. The van der Waals surface area contributed by atoms with Gasteiger partial charge in [-0.15, -0.1) is 0 Å². The molecule has 0 radical (unpaired) electrons. The van der Waals surface area contributed by atoms with Gasteiger partial charge in [0.05, 0.1) is 17.5 Å². The van der Waals surface area contributed by atoms with Crippen LogP contribution in [0.3, 0.4) is 0 Å². The molecule has 0 aliphatic heterocycles. The normalized spacial score (nSPS) is 11.2. The lowest BCUT2D eigenvalue weighted by Gasteiger charge is -2.11. The third-order valence-corrected chi connectivity index (χ3v) is 4.51. The van der Waals surface area contributed by atoms with E-state index in [0.29, 0.717) is 22.9 Å². The molecule has 0 saturated heterocycles. The summed E-state index contributed by atoms with van der Waals surface area (Å²) in [4.78, 5) is 16.7. The van der Waals surface area contributed by atoms with Crippen molar-refractivity contribution in [1.29, 1.82) is 0 Å². The van der Waals surface area contributed by atoms with E-state index in [2.05, 4.69) is 15.4 Å². The van der Waals surface area contributed by atoms with Crippen LogP contribution in [-0.2, 0) is 13.2 Å². The quantitative estimate of drug-likeness (QED) is 0.444. The molecule has 32 heavy (non-hydrogen) atoms. The van der Waals surface area contributed by atoms with E-state index in [-0.39, 0.29) is 5.56 Å². The molecule has 1 amide bonds. The van der Waals surface area contributed by atoms with Gasteiger partial charge in [-0.25, -0.2) is 0 Å². The molecule has 0 unspecified atom stereocenters. The van der Waals surface area contributed by atoms with E-state index < -0.39 is 17.6 Å². The fraction of sp³-hybridized carbons (Fsp3) is 0.0870. The summed E-state index contributed by atoms with van der Waals surface area (Å²) in [6.07, 6.45) is 0.603. The van der Waals surface area contributed by atoms with Crippen molar-refractivity contribution in [3.05, 3.63) is 90.4 Å². The van der Waals surface area contributed by atoms with Crippen LogP contribution < -0.4 is 10.1 Å². The number of nitrogens with zero attached hydrogens (tertiary/aromatic N) is 3. The third-order valence-electron chi connectivity index (χ3n) is 4.51. The minimum Gasteiger partial charge on any atom is -0.457 e. The SMILES string of the molecule is Cn1cc(-c2cc(Oc3cccc(NC(=O)c4cccc(C(F)(F)F)c4)c3)ccn2)cn1. The van der Waals surface area contributed by atoms with Crippen LogP contribution >= 0.6 is 0 Å². The summed E-state index contributed by atoms with van der Waals surface area (Å²) in [6.45, 7) is 0. The molecule has 0 bridgehead atoms. The van der Waals surface area contributed by atoms with Gasteiger partial charge in [-0.1, -0.05) is 12.1 Å². The summed E-state index contributed by atoms with van der Waals surface area (Å²) in [5, 5.41) is 6.72. The van der Waals surface area contributed by atoms with Gasteiger partial charge < -0.3 is 10.1 Å². The van der Waals surface area contributed by atoms with Crippen molar-refractivity contribution in [1.82, 2.24) is 14.8 Å². The molecule has 0 fully saturated rings. The molecule has 162 valence electrons. The molecule has 0 spiro atoms. The number of amides is 1. The van der Waals surface area contributed by atoms with Crippen molar-refractivity contribution in [2.45, 2.75) is 6.18 Å². The Hall–Kier alpha value is -4.14. The number of alkyl halides is 3. The maximum Gasteiger partial charge on any atom is 0.416 e. The summed E-state index contributed by atoms with van der Waals surface area (Å²) in [5.74, 6) is 0.311. The van der Waals surface area contributed by atoms with Gasteiger partial charge in [0.25, 0.3) is 5.91 Å². The second kappa shape index (κ2) is 8.54. The minimum absolute atomic E-state index is 0.0959. The summed E-state index contributed by atoms with van der Waals surface area (Å²) < 4.78 is 46.2. The average molecular weight is 438 g/mol. The second-order valence-electron chi connectivity index (χ2n) is 6.94. The van der Waals surface area contributed by atoms with Crippen LogP contribution in [0, 0.1) is 0 Å². The molecular weight excluding hydrogens is 421 g/mol. The van der Waals surface area contributed by atoms with Gasteiger partial charge in [0, 0.05) is 48.4 Å². The molecule has 2 heterocycles. The average Bonchev–Trinajstić information content (AvgIpc) is 3.20. The Morgan fingerprint density at radius 1 is 1.03 bits per heavy atom. The molecule has 6 nitrogen and oxygen atoms in total. The smallest absolute Gasteiger partial charge is 0.416 e. The van der Waals surface area contributed by atoms with Gasteiger partial charge >= 0.3 is 6.18 Å². The zero-order chi connectivity index (χ0) is 22.7. The number of halogens is 3. The zero-order valence-corrected chi connectivity index (χ0v) is 16.8. The van der Waals surface area contributed by atoms with Gasteiger partial charge in [-0.3, -0.25) is 14.5 Å². The number of carbonyl (C=O) groups excluding carboxylic acids is 1. The topological polar surface area (TPSA) is 69.0 Å². The van der Waals surface area contributed by atoms with E-state index in [9.17, 15) is 18.0 Å². The summed E-state index contributed by atoms with van der Waals surface area (Å²) >= 11 is 0. The van der Waals surface area contributed by atoms with Gasteiger partial charge in [0.1, 0.15) is 11.5 Å². The van der Waals surface area contributed by atoms with Crippen LogP contribution in [0.1, 0.15) is 15.9 Å². The third kappa shape index (κ3) is 4.94. The maximum absolute atomic E-state index is 12.9. The number of aromatic nitrogens is 3. The van der Waals surface area contributed by atoms with Crippen LogP contribution in [-0.4, -0.2) is 20.7 Å². The summed E-state index contributed by atoms with van der Waals surface area (Å²) in [6, 6.07) is 14.2. The number of rotatable bonds is 5. The van der Waals surface area contributed by atoms with Crippen LogP contribution in [0.15, 0.2) is 79.3 Å². The first-order valence-electron chi connectivity index (χ1n) is 9.49.